The van der Waals surface area contributed by atoms with Gasteiger partial charge in [0.05, 0.1) is 25.3 Å². The number of ether oxygens (including phenoxy) is 3. The van der Waals surface area contributed by atoms with Crippen molar-refractivity contribution in [3.8, 4) is 0 Å². The highest BCUT2D eigenvalue weighted by atomic mass is 32.1. The number of thiophene rings is 1. The van der Waals surface area contributed by atoms with Crippen molar-refractivity contribution in [3.05, 3.63) is 51.4 Å². The molecule has 0 radical (unpaired) electrons. The van der Waals surface area contributed by atoms with Crippen LogP contribution in [0.3, 0.4) is 0 Å². The summed E-state index contributed by atoms with van der Waals surface area (Å²) in [6, 6.07) is 6.50. The lowest BCUT2D eigenvalue weighted by molar-refractivity contribution is -0.145. The molecule has 168 valence electrons. The first kappa shape index (κ1) is 22.9. The van der Waals surface area contributed by atoms with Crippen LogP contribution in [0.4, 0.5) is 5.00 Å². The summed E-state index contributed by atoms with van der Waals surface area (Å²) >= 11 is 0.828. The maximum absolute atomic E-state index is 12.3. The first-order chi connectivity index (χ1) is 15.3. The molecule has 0 unspecified atom stereocenters. The Labute approximate surface area is 186 Å². The Morgan fingerprint density at radius 2 is 1.59 bits per heavy atom. The van der Waals surface area contributed by atoms with Gasteiger partial charge in [0.15, 0.2) is 0 Å². The van der Waals surface area contributed by atoms with E-state index in [4.69, 9.17) is 10.5 Å². The van der Waals surface area contributed by atoms with Crippen LogP contribution < -0.4 is 5.73 Å². The van der Waals surface area contributed by atoms with E-state index in [1.807, 2.05) is 0 Å². The van der Waals surface area contributed by atoms with Gasteiger partial charge in [-0.3, -0.25) is 19.3 Å². The van der Waals surface area contributed by atoms with Crippen LogP contribution in [0.5, 0.6) is 0 Å². The highest BCUT2D eigenvalue weighted by Gasteiger charge is 2.34. The van der Waals surface area contributed by atoms with Crippen molar-refractivity contribution in [1.29, 1.82) is 0 Å². The molecular weight excluding hydrogens is 440 g/mol. The van der Waals surface area contributed by atoms with Crippen LogP contribution >= 0.6 is 11.3 Å². The summed E-state index contributed by atoms with van der Waals surface area (Å²) in [4.78, 5) is 62.1. The summed E-state index contributed by atoms with van der Waals surface area (Å²) in [5, 5.41) is 0.0360. The summed E-state index contributed by atoms with van der Waals surface area (Å²) in [5.41, 5.74) is 6.54. The number of hydrogen-bond acceptors (Lipinski definition) is 10. The lowest BCUT2D eigenvalue weighted by Crippen LogP contribution is -2.31. The molecule has 2 heterocycles. The molecule has 1 aromatic carbocycles. The molecule has 3 rings (SSSR count). The summed E-state index contributed by atoms with van der Waals surface area (Å²) < 4.78 is 14.6. The number of amides is 2. The predicted octanol–water partition coefficient (Wildman–Crippen LogP) is 2.02. The third-order valence-corrected chi connectivity index (χ3v) is 5.85. The fourth-order valence-electron chi connectivity index (χ4n) is 3.25. The Hall–Kier alpha value is -3.73. The molecule has 0 bridgehead atoms. The molecule has 0 aliphatic carbocycles. The monoisotopic (exact) mass is 460 g/mol. The van der Waals surface area contributed by atoms with Gasteiger partial charge in [-0.15, -0.1) is 11.3 Å². The van der Waals surface area contributed by atoms with Crippen LogP contribution in [0.25, 0.3) is 0 Å². The molecule has 0 spiro atoms. The molecule has 1 aromatic heterocycles. The Kier molecular flexibility index (Phi) is 6.89. The van der Waals surface area contributed by atoms with Gasteiger partial charge in [-0.2, -0.15) is 0 Å². The highest BCUT2D eigenvalue weighted by Crippen LogP contribution is 2.33. The van der Waals surface area contributed by atoms with Gasteiger partial charge in [0.25, 0.3) is 11.8 Å². The Morgan fingerprint density at radius 3 is 2.16 bits per heavy atom. The largest absolute Gasteiger partial charge is 0.465 e. The summed E-state index contributed by atoms with van der Waals surface area (Å²) in [6.07, 6.45) is 0.0952. The number of carbonyl (C=O) groups excluding carboxylic acids is 5. The predicted molar refractivity (Wildman–Crippen MR) is 112 cm³/mol. The van der Waals surface area contributed by atoms with E-state index < -0.39 is 36.3 Å². The Bertz CT molecular complexity index is 1070. The van der Waals surface area contributed by atoms with Crippen molar-refractivity contribution in [2.24, 2.45) is 0 Å². The molecule has 11 heteroatoms. The number of anilines is 1. The second-order valence-corrected chi connectivity index (χ2v) is 7.76. The maximum Gasteiger partial charge on any atom is 0.348 e. The van der Waals surface area contributed by atoms with E-state index in [2.05, 4.69) is 9.47 Å². The lowest BCUT2D eigenvalue weighted by Gasteiger charge is -2.13. The number of hydrogen-bond donors (Lipinski definition) is 1. The lowest BCUT2D eigenvalue weighted by atomic mass is 10.1. The van der Waals surface area contributed by atoms with Gasteiger partial charge < -0.3 is 19.9 Å². The number of rotatable bonds is 8. The fraction of sp³-hybridized carbons (Fsp3) is 0.286. The van der Waals surface area contributed by atoms with Crippen molar-refractivity contribution < 1.29 is 38.2 Å². The van der Waals surface area contributed by atoms with E-state index >= 15 is 0 Å². The van der Waals surface area contributed by atoms with Gasteiger partial charge in [0.1, 0.15) is 22.0 Å². The topological polar surface area (TPSA) is 142 Å². The first-order valence-corrected chi connectivity index (χ1v) is 10.3. The smallest absolute Gasteiger partial charge is 0.348 e. The molecule has 1 aliphatic rings. The van der Waals surface area contributed by atoms with Crippen LogP contribution in [0.15, 0.2) is 24.3 Å². The summed E-state index contributed by atoms with van der Waals surface area (Å²) in [6.45, 7) is -0.345. The van der Waals surface area contributed by atoms with Crippen LogP contribution in [0.1, 0.15) is 59.2 Å². The van der Waals surface area contributed by atoms with Crippen LogP contribution in [0.2, 0.25) is 0 Å². The van der Waals surface area contributed by atoms with Crippen LogP contribution in [-0.2, 0) is 25.6 Å². The minimum absolute atomic E-state index is 0.0317. The second-order valence-electron chi connectivity index (χ2n) is 6.70. The van der Waals surface area contributed by atoms with Gasteiger partial charge in [0.2, 0.25) is 0 Å². The van der Waals surface area contributed by atoms with Crippen LogP contribution in [0, 0.1) is 0 Å². The average molecular weight is 460 g/mol. The number of esters is 3. The molecule has 2 N–H and O–H groups in total. The molecule has 1 aliphatic heterocycles. The average Bonchev–Trinajstić information content (AvgIpc) is 3.25. The third-order valence-electron chi connectivity index (χ3n) is 4.81. The van der Waals surface area contributed by atoms with E-state index in [9.17, 15) is 24.0 Å². The third kappa shape index (κ3) is 4.33. The van der Waals surface area contributed by atoms with Crippen molar-refractivity contribution in [2.45, 2.75) is 19.4 Å². The number of fused-ring (bicyclic) bond motifs is 1. The van der Waals surface area contributed by atoms with E-state index in [1.165, 1.54) is 7.11 Å². The number of carbonyl (C=O) groups is 5. The van der Waals surface area contributed by atoms with E-state index in [0.29, 0.717) is 11.1 Å². The van der Waals surface area contributed by atoms with E-state index in [1.54, 1.807) is 24.3 Å². The molecule has 2 amide bonds. The Balaban J connectivity index is 1.60. The van der Waals surface area contributed by atoms with Gasteiger partial charge in [-0.05, 0) is 18.6 Å². The van der Waals surface area contributed by atoms with E-state index in [-0.39, 0.29) is 40.4 Å². The zero-order valence-corrected chi connectivity index (χ0v) is 18.2. The van der Waals surface area contributed by atoms with Gasteiger partial charge in [-0.1, -0.05) is 12.1 Å². The Morgan fingerprint density at radius 1 is 1.00 bits per heavy atom. The van der Waals surface area contributed by atoms with Gasteiger partial charge >= 0.3 is 17.9 Å². The van der Waals surface area contributed by atoms with Crippen molar-refractivity contribution >= 4 is 46.1 Å². The number of benzene rings is 1. The molecule has 10 nitrogen and oxygen atoms in total. The van der Waals surface area contributed by atoms with Crippen molar-refractivity contribution in [1.82, 2.24) is 4.90 Å². The van der Waals surface area contributed by atoms with Gasteiger partial charge in [-0.25, -0.2) is 9.59 Å². The van der Waals surface area contributed by atoms with Crippen LogP contribution in [-0.4, -0.2) is 55.4 Å². The number of nitrogens with zero attached hydrogens (tertiary/aromatic N) is 1. The van der Waals surface area contributed by atoms with E-state index in [0.717, 1.165) is 23.3 Å². The molecule has 0 fully saturated rings. The molecule has 0 atom stereocenters. The molecule has 32 heavy (non-hydrogen) atoms. The number of nitrogen functional groups attached to an aromatic ring is 1. The second kappa shape index (κ2) is 9.60. The molecule has 0 saturated carbocycles. The zero-order valence-electron chi connectivity index (χ0n) is 17.3. The maximum atomic E-state index is 12.3. The zero-order chi connectivity index (χ0) is 23.4. The molecule has 2 aromatic rings. The minimum Gasteiger partial charge on any atom is -0.465 e. The number of nitrogens with two attached hydrogens (primary N) is 1. The summed E-state index contributed by atoms with van der Waals surface area (Å²) in [5.74, 6) is -2.95. The van der Waals surface area contributed by atoms with Gasteiger partial charge in [0, 0.05) is 18.5 Å². The van der Waals surface area contributed by atoms with Crippen molar-refractivity contribution in [3.63, 3.8) is 0 Å². The number of imide groups is 1. The SMILES string of the molecule is COC(=O)c1sc(N)c(C(=O)OC)c1COC(=O)CCCN1C(=O)c2ccccc2C1=O. The highest BCUT2D eigenvalue weighted by molar-refractivity contribution is 7.18. The number of methoxy groups -OCH3 is 2. The molecular formula is C21H20N2O8S. The minimum atomic E-state index is -0.773. The quantitative estimate of drug-likeness (QED) is 0.355. The fourth-order valence-corrected chi connectivity index (χ4v) is 4.23. The summed E-state index contributed by atoms with van der Waals surface area (Å²) in [7, 11) is 2.33. The standard InChI is InChI=1S/C21H20N2O8S/c1-29-20(27)15-13(16(21(28)30-2)32-17(15)22)10-31-14(24)8-5-9-23-18(25)11-6-3-4-7-12(11)19(23)26/h3-4,6-7H,5,8-10,22H2,1-2H3. The first-order valence-electron chi connectivity index (χ1n) is 9.48. The molecule has 0 saturated heterocycles. The van der Waals surface area contributed by atoms with Crippen molar-refractivity contribution in [2.75, 3.05) is 26.5 Å². The normalized spacial score (nSPS) is 12.5.